The number of nitrogens with one attached hydrogen (secondary N) is 2. The van der Waals surface area contributed by atoms with Gasteiger partial charge >= 0.3 is 11.8 Å². The largest absolute Gasteiger partial charge is 0.372 e. The van der Waals surface area contributed by atoms with Gasteiger partial charge in [0.05, 0.1) is 0 Å². The van der Waals surface area contributed by atoms with Crippen LogP contribution in [0.4, 0.5) is 11.4 Å². The number of carbonyl (C=O) groups excluding carboxylic acids is 2. The Labute approximate surface area is 106 Å². The van der Waals surface area contributed by atoms with Crippen molar-refractivity contribution in [2.45, 2.75) is 13.8 Å². The lowest BCUT2D eigenvalue weighted by Crippen LogP contribution is -2.39. The number of hydrogen-bond acceptors (Lipinski definition) is 4. The Hall–Kier alpha value is -2.08. The number of hydrazine groups is 1. The summed E-state index contributed by atoms with van der Waals surface area (Å²) in [6.45, 7) is 5.98. The predicted octanol–water partition coefficient (Wildman–Crippen LogP) is 0.461. The lowest BCUT2D eigenvalue weighted by Gasteiger charge is -2.21. The summed E-state index contributed by atoms with van der Waals surface area (Å²) in [4.78, 5) is 24.4. The summed E-state index contributed by atoms with van der Waals surface area (Å²) in [6, 6.07) is 7.27. The van der Waals surface area contributed by atoms with Gasteiger partial charge in [0.15, 0.2) is 0 Å². The standard InChI is InChI=1S/C12H18N4O2/c1-3-16(4-2)10-7-5-9(6-8-10)14-11(17)12(18)15-13/h5-8H,3-4,13H2,1-2H3,(H,14,17)(H,15,18). The van der Waals surface area contributed by atoms with Crippen LogP contribution in [0.1, 0.15) is 13.8 Å². The van der Waals surface area contributed by atoms with Crippen LogP contribution in [0, 0.1) is 0 Å². The molecule has 0 aromatic heterocycles. The molecule has 1 aromatic rings. The van der Waals surface area contributed by atoms with Crippen LogP contribution in [0.2, 0.25) is 0 Å². The zero-order valence-electron chi connectivity index (χ0n) is 10.6. The second-order valence-electron chi connectivity index (χ2n) is 3.65. The van der Waals surface area contributed by atoms with Crippen LogP contribution >= 0.6 is 0 Å². The summed E-state index contributed by atoms with van der Waals surface area (Å²) in [5.41, 5.74) is 3.40. The molecule has 1 rings (SSSR count). The number of nitrogens with zero attached hydrogens (tertiary/aromatic N) is 1. The van der Waals surface area contributed by atoms with E-state index in [0.29, 0.717) is 5.69 Å². The first-order chi connectivity index (χ1) is 8.62. The van der Waals surface area contributed by atoms with E-state index in [4.69, 9.17) is 5.84 Å². The molecule has 0 unspecified atom stereocenters. The van der Waals surface area contributed by atoms with Crippen molar-refractivity contribution in [2.75, 3.05) is 23.3 Å². The highest BCUT2D eigenvalue weighted by Gasteiger charge is 2.11. The minimum atomic E-state index is -0.872. The van der Waals surface area contributed by atoms with Gasteiger partial charge in [-0.15, -0.1) is 0 Å². The molecule has 4 N–H and O–H groups in total. The third-order valence-electron chi connectivity index (χ3n) is 2.59. The van der Waals surface area contributed by atoms with Crippen molar-refractivity contribution in [2.24, 2.45) is 5.84 Å². The lowest BCUT2D eigenvalue weighted by molar-refractivity contribution is -0.136. The highest BCUT2D eigenvalue weighted by Crippen LogP contribution is 2.17. The van der Waals surface area contributed by atoms with Gasteiger partial charge in [-0.05, 0) is 38.1 Å². The van der Waals surface area contributed by atoms with Gasteiger partial charge in [-0.1, -0.05) is 0 Å². The highest BCUT2D eigenvalue weighted by molar-refractivity contribution is 6.39. The van der Waals surface area contributed by atoms with Crippen LogP contribution in [0.25, 0.3) is 0 Å². The smallest absolute Gasteiger partial charge is 0.323 e. The summed E-state index contributed by atoms with van der Waals surface area (Å²) in [7, 11) is 0. The Balaban J connectivity index is 2.71. The molecule has 0 aliphatic rings. The summed E-state index contributed by atoms with van der Waals surface area (Å²) >= 11 is 0. The molecule has 1 aromatic carbocycles. The molecule has 2 amide bonds. The number of benzene rings is 1. The van der Waals surface area contributed by atoms with Gasteiger partial charge in [0.1, 0.15) is 0 Å². The second-order valence-corrected chi connectivity index (χ2v) is 3.65. The Morgan fingerprint density at radius 1 is 1.11 bits per heavy atom. The highest BCUT2D eigenvalue weighted by atomic mass is 16.2. The number of carbonyl (C=O) groups is 2. The minimum absolute atomic E-state index is 0.555. The first-order valence-corrected chi connectivity index (χ1v) is 5.79. The van der Waals surface area contributed by atoms with Crippen LogP contribution in [0.15, 0.2) is 24.3 Å². The molecule has 0 aliphatic carbocycles. The molecular formula is C12H18N4O2. The molecule has 0 atom stereocenters. The lowest BCUT2D eigenvalue weighted by atomic mass is 10.2. The van der Waals surface area contributed by atoms with Crippen molar-refractivity contribution in [1.82, 2.24) is 5.43 Å². The number of nitrogens with two attached hydrogens (primary N) is 1. The van der Waals surface area contributed by atoms with Crippen LogP contribution in [-0.4, -0.2) is 24.9 Å². The number of hydrogen-bond donors (Lipinski definition) is 3. The van der Waals surface area contributed by atoms with Gasteiger partial charge in [0.2, 0.25) is 0 Å². The van der Waals surface area contributed by atoms with Crippen molar-refractivity contribution >= 4 is 23.2 Å². The molecule has 0 saturated carbocycles. The van der Waals surface area contributed by atoms with E-state index in [1.807, 2.05) is 12.1 Å². The predicted molar refractivity (Wildman–Crippen MR) is 71.0 cm³/mol. The minimum Gasteiger partial charge on any atom is -0.372 e. The van der Waals surface area contributed by atoms with E-state index in [9.17, 15) is 9.59 Å². The van der Waals surface area contributed by atoms with Gasteiger partial charge in [0.25, 0.3) is 0 Å². The Morgan fingerprint density at radius 3 is 2.11 bits per heavy atom. The van der Waals surface area contributed by atoms with E-state index in [0.717, 1.165) is 18.8 Å². The van der Waals surface area contributed by atoms with E-state index >= 15 is 0 Å². The molecule has 0 bridgehead atoms. The SMILES string of the molecule is CCN(CC)c1ccc(NC(=O)C(=O)NN)cc1. The maximum Gasteiger partial charge on any atom is 0.323 e. The normalized spacial score (nSPS) is 9.72. The molecule has 98 valence electrons. The fraction of sp³-hybridized carbons (Fsp3) is 0.333. The number of rotatable bonds is 4. The Bertz CT molecular complexity index is 413. The van der Waals surface area contributed by atoms with Crippen molar-refractivity contribution in [3.05, 3.63) is 24.3 Å². The zero-order valence-corrected chi connectivity index (χ0v) is 10.6. The van der Waals surface area contributed by atoms with Crippen molar-refractivity contribution in [1.29, 1.82) is 0 Å². The van der Waals surface area contributed by atoms with E-state index in [1.54, 1.807) is 17.6 Å². The average Bonchev–Trinajstić information content (AvgIpc) is 2.41. The molecule has 0 saturated heterocycles. The summed E-state index contributed by atoms with van der Waals surface area (Å²) in [5, 5.41) is 2.45. The summed E-state index contributed by atoms with van der Waals surface area (Å²) in [5.74, 6) is 3.20. The summed E-state index contributed by atoms with van der Waals surface area (Å²) in [6.07, 6.45) is 0. The summed E-state index contributed by atoms with van der Waals surface area (Å²) < 4.78 is 0. The molecule has 0 aliphatic heterocycles. The van der Waals surface area contributed by atoms with Crippen LogP contribution in [0.5, 0.6) is 0 Å². The van der Waals surface area contributed by atoms with E-state index in [2.05, 4.69) is 24.1 Å². The third kappa shape index (κ3) is 3.46. The first-order valence-electron chi connectivity index (χ1n) is 5.79. The van der Waals surface area contributed by atoms with Gasteiger partial charge in [-0.25, -0.2) is 5.84 Å². The van der Waals surface area contributed by atoms with Gasteiger partial charge in [-0.3, -0.25) is 15.0 Å². The fourth-order valence-corrected chi connectivity index (χ4v) is 1.60. The van der Waals surface area contributed by atoms with Gasteiger partial charge < -0.3 is 10.2 Å². The Morgan fingerprint density at radius 2 is 1.67 bits per heavy atom. The Kier molecular flexibility index (Phi) is 5.13. The second kappa shape index (κ2) is 6.61. The average molecular weight is 250 g/mol. The third-order valence-corrected chi connectivity index (χ3v) is 2.59. The molecule has 0 heterocycles. The molecule has 0 radical (unpaired) electrons. The monoisotopic (exact) mass is 250 g/mol. The molecule has 6 nitrogen and oxygen atoms in total. The first kappa shape index (κ1) is 14.0. The van der Waals surface area contributed by atoms with E-state index in [-0.39, 0.29) is 0 Å². The number of amides is 2. The molecule has 0 spiro atoms. The van der Waals surface area contributed by atoms with Crippen LogP contribution < -0.4 is 21.5 Å². The quantitative estimate of drug-likeness (QED) is 0.313. The zero-order chi connectivity index (χ0) is 13.5. The maximum absolute atomic E-state index is 11.3. The van der Waals surface area contributed by atoms with E-state index < -0.39 is 11.8 Å². The molecule has 0 fully saturated rings. The van der Waals surface area contributed by atoms with Crippen molar-refractivity contribution in [3.63, 3.8) is 0 Å². The topological polar surface area (TPSA) is 87.5 Å². The molecule has 6 heteroatoms. The van der Waals surface area contributed by atoms with Gasteiger partial charge in [0, 0.05) is 24.5 Å². The molecule has 18 heavy (non-hydrogen) atoms. The van der Waals surface area contributed by atoms with Crippen molar-refractivity contribution in [3.8, 4) is 0 Å². The van der Waals surface area contributed by atoms with Gasteiger partial charge in [-0.2, -0.15) is 0 Å². The molecular weight excluding hydrogens is 232 g/mol. The maximum atomic E-state index is 11.3. The van der Waals surface area contributed by atoms with Crippen LogP contribution in [0.3, 0.4) is 0 Å². The van der Waals surface area contributed by atoms with Crippen LogP contribution in [-0.2, 0) is 9.59 Å². The fourth-order valence-electron chi connectivity index (χ4n) is 1.60. The number of anilines is 2. The van der Waals surface area contributed by atoms with E-state index in [1.165, 1.54) is 0 Å². The van der Waals surface area contributed by atoms with Crippen molar-refractivity contribution < 1.29 is 9.59 Å².